The van der Waals surface area contributed by atoms with Gasteiger partial charge in [-0.2, -0.15) is 0 Å². The number of hydrogen-bond acceptors (Lipinski definition) is 3. The summed E-state index contributed by atoms with van der Waals surface area (Å²) in [7, 11) is 3.28. The van der Waals surface area contributed by atoms with Gasteiger partial charge in [0.05, 0.1) is 14.2 Å². The molecule has 0 aliphatic carbocycles. The van der Waals surface area contributed by atoms with E-state index in [1.807, 2.05) is 41.6 Å². The van der Waals surface area contributed by atoms with Crippen molar-refractivity contribution in [2.45, 2.75) is 32.4 Å². The van der Waals surface area contributed by atoms with Gasteiger partial charge in [0.15, 0.2) is 11.5 Å². The van der Waals surface area contributed by atoms with Crippen LogP contribution in [-0.4, -0.2) is 36.1 Å². The average molecular weight is 328 g/mol. The van der Waals surface area contributed by atoms with Crippen molar-refractivity contribution >= 4 is 5.91 Å². The second-order valence-electron chi connectivity index (χ2n) is 6.07. The third-order valence-corrected chi connectivity index (χ3v) is 4.54. The van der Waals surface area contributed by atoms with E-state index >= 15 is 0 Å². The number of rotatable bonds is 6. The second-order valence-corrected chi connectivity index (χ2v) is 6.07. The second kappa shape index (κ2) is 7.43. The van der Waals surface area contributed by atoms with Crippen LogP contribution in [0.2, 0.25) is 0 Å². The topological polar surface area (TPSA) is 43.7 Å². The van der Waals surface area contributed by atoms with Gasteiger partial charge in [0.25, 0.3) is 0 Å². The maximum Gasteiger partial charge on any atom is 0.222 e. The lowest BCUT2D eigenvalue weighted by atomic mass is 9.98. The number of ether oxygens (including phenoxy) is 2. The van der Waals surface area contributed by atoms with Crippen LogP contribution in [0.15, 0.2) is 36.7 Å². The number of benzene rings is 1. The zero-order valence-electron chi connectivity index (χ0n) is 14.3. The number of carbonyl (C=O) groups is 1. The number of aryl methyl sites for hydroxylation is 1. The molecule has 24 heavy (non-hydrogen) atoms. The Balaban J connectivity index is 1.60. The minimum absolute atomic E-state index is 0.225. The lowest BCUT2D eigenvalue weighted by Crippen LogP contribution is -2.36. The third kappa shape index (κ3) is 3.55. The number of amides is 1. The predicted octanol–water partition coefficient (Wildman–Crippen LogP) is 2.87. The van der Waals surface area contributed by atoms with Crippen molar-refractivity contribution in [3.05, 3.63) is 47.8 Å². The first kappa shape index (κ1) is 16.4. The number of fused-ring (bicyclic) bond motifs is 1. The van der Waals surface area contributed by atoms with Crippen LogP contribution in [0.25, 0.3) is 0 Å². The Labute approximate surface area is 142 Å². The van der Waals surface area contributed by atoms with E-state index in [0.717, 1.165) is 43.0 Å². The number of methoxy groups -OCH3 is 2. The summed E-state index contributed by atoms with van der Waals surface area (Å²) in [5.74, 6) is 1.70. The van der Waals surface area contributed by atoms with Crippen molar-refractivity contribution in [2.75, 3.05) is 20.8 Å². The van der Waals surface area contributed by atoms with E-state index < -0.39 is 0 Å². The molecule has 0 bridgehead atoms. The molecule has 0 saturated carbocycles. The summed E-state index contributed by atoms with van der Waals surface area (Å²) in [5.41, 5.74) is 2.39. The summed E-state index contributed by atoms with van der Waals surface area (Å²) in [4.78, 5) is 14.4. The number of aromatic nitrogens is 1. The maximum atomic E-state index is 12.5. The molecule has 0 spiro atoms. The minimum atomic E-state index is 0.225. The van der Waals surface area contributed by atoms with E-state index in [1.54, 1.807) is 14.2 Å². The van der Waals surface area contributed by atoms with Gasteiger partial charge >= 0.3 is 0 Å². The molecule has 0 unspecified atom stereocenters. The SMILES string of the molecule is COc1cc2c(cc1OC)CN(C(=O)CCCn1cccc1)CC2. The molecule has 0 radical (unpaired) electrons. The summed E-state index contributed by atoms with van der Waals surface area (Å²) in [6, 6.07) is 8.03. The van der Waals surface area contributed by atoms with Gasteiger partial charge in [0.2, 0.25) is 5.91 Å². The van der Waals surface area contributed by atoms with Crippen LogP contribution in [0.5, 0.6) is 11.5 Å². The van der Waals surface area contributed by atoms with Crippen LogP contribution >= 0.6 is 0 Å². The van der Waals surface area contributed by atoms with Gasteiger partial charge in [0.1, 0.15) is 0 Å². The molecule has 2 heterocycles. The van der Waals surface area contributed by atoms with Crippen molar-refractivity contribution in [1.29, 1.82) is 0 Å². The van der Waals surface area contributed by atoms with Crippen molar-refractivity contribution < 1.29 is 14.3 Å². The van der Waals surface area contributed by atoms with Gasteiger partial charge in [0, 0.05) is 38.4 Å². The van der Waals surface area contributed by atoms with E-state index in [0.29, 0.717) is 13.0 Å². The average Bonchev–Trinajstić information content (AvgIpc) is 3.13. The number of carbonyl (C=O) groups excluding carboxylic acids is 1. The highest BCUT2D eigenvalue weighted by atomic mass is 16.5. The Morgan fingerprint density at radius 2 is 1.75 bits per heavy atom. The van der Waals surface area contributed by atoms with E-state index in [-0.39, 0.29) is 5.91 Å². The zero-order chi connectivity index (χ0) is 16.9. The monoisotopic (exact) mass is 328 g/mol. The molecule has 3 rings (SSSR count). The highest BCUT2D eigenvalue weighted by Gasteiger charge is 2.22. The van der Waals surface area contributed by atoms with E-state index in [4.69, 9.17) is 9.47 Å². The molecule has 5 nitrogen and oxygen atoms in total. The molecular weight excluding hydrogens is 304 g/mol. The van der Waals surface area contributed by atoms with Gasteiger partial charge < -0.3 is 18.9 Å². The molecule has 0 fully saturated rings. The van der Waals surface area contributed by atoms with Gasteiger partial charge in [-0.1, -0.05) is 0 Å². The van der Waals surface area contributed by atoms with E-state index in [9.17, 15) is 4.79 Å². The molecule has 1 aliphatic rings. The summed E-state index contributed by atoms with van der Waals surface area (Å²) in [5, 5.41) is 0. The first-order valence-corrected chi connectivity index (χ1v) is 8.33. The van der Waals surface area contributed by atoms with Crippen molar-refractivity contribution in [2.24, 2.45) is 0 Å². The highest BCUT2D eigenvalue weighted by molar-refractivity contribution is 5.76. The van der Waals surface area contributed by atoms with Crippen molar-refractivity contribution in [1.82, 2.24) is 9.47 Å². The molecular formula is C19H24N2O3. The number of hydrogen-bond donors (Lipinski definition) is 0. The van der Waals surface area contributed by atoms with Crippen LogP contribution in [0.3, 0.4) is 0 Å². The molecule has 1 aromatic carbocycles. The molecule has 5 heteroatoms. The Kier molecular flexibility index (Phi) is 5.08. The van der Waals surface area contributed by atoms with E-state index in [2.05, 4.69) is 4.57 Å². The Bertz CT molecular complexity index is 695. The largest absolute Gasteiger partial charge is 0.493 e. The predicted molar refractivity (Wildman–Crippen MR) is 92.3 cm³/mol. The van der Waals surface area contributed by atoms with Crippen LogP contribution in [0, 0.1) is 0 Å². The Hall–Kier alpha value is -2.43. The first-order valence-electron chi connectivity index (χ1n) is 8.33. The number of nitrogens with zero attached hydrogens (tertiary/aromatic N) is 2. The molecule has 2 aromatic rings. The van der Waals surface area contributed by atoms with Crippen LogP contribution < -0.4 is 9.47 Å². The lowest BCUT2D eigenvalue weighted by molar-refractivity contribution is -0.132. The van der Waals surface area contributed by atoms with Crippen molar-refractivity contribution in [3.63, 3.8) is 0 Å². The molecule has 0 N–H and O–H groups in total. The Morgan fingerprint density at radius 3 is 2.42 bits per heavy atom. The summed E-state index contributed by atoms with van der Waals surface area (Å²) < 4.78 is 12.8. The fourth-order valence-corrected chi connectivity index (χ4v) is 3.19. The minimum Gasteiger partial charge on any atom is -0.493 e. The van der Waals surface area contributed by atoms with Crippen LogP contribution in [-0.2, 0) is 24.3 Å². The summed E-state index contributed by atoms with van der Waals surface area (Å²) in [6.07, 6.45) is 6.37. The van der Waals surface area contributed by atoms with Gasteiger partial charge in [-0.25, -0.2) is 0 Å². The summed E-state index contributed by atoms with van der Waals surface area (Å²) in [6.45, 7) is 2.30. The van der Waals surface area contributed by atoms with Gasteiger partial charge in [-0.15, -0.1) is 0 Å². The summed E-state index contributed by atoms with van der Waals surface area (Å²) >= 11 is 0. The molecule has 128 valence electrons. The highest BCUT2D eigenvalue weighted by Crippen LogP contribution is 2.33. The smallest absolute Gasteiger partial charge is 0.222 e. The normalized spacial score (nSPS) is 13.5. The Morgan fingerprint density at radius 1 is 1.08 bits per heavy atom. The zero-order valence-corrected chi connectivity index (χ0v) is 14.3. The molecule has 1 amide bonds. The van der Waals surface area contributed by atoms with Crippen LogP contribution in [0.1, 0.15) is 24.0 Å². The van der Waals surface area contributed by atoms with Gasteiger partial charge in [-0.05, 0) is 48.2 Å². The van der Waals surface area contributed by atoms with Crippen LogP contribution in [0.4, 0.5) is 0 Å². The molecule has 1 aliphatic heterocycles. The fourth-order valence-electron chi connectivity index (χ4n) is 3.19. The molecule has 1 aromatic heterocycles. The third-order valence-electron chi connectivity index (χ3n) is 4.54. The van der Waals surface area contributed by atoms with Gasteiger partial charge in [-0.3, -0.25) is 4.79 Å². The lowest BCUT2D eigenvalue weighted by Gasteiger charge is -2.29. The molecule has 0 atom stereocenters. The van der Waals surface area contributed by atoms with Crippen molar-refractivity contribution in [3.8, 4) is 11.5 Å². The quantitative estimate of drug-likeness (QED) is 0.819. The standard InChI is InChI=1S/C19H24N2O3/c1-23-17-12-15-7-11-21(14-16(15)13-18(17)24-2)19(22)6-5-10-20-8-3-4-9-20/h3-4,8-9,12-13H,5-7,10-11,14H2,1-2H3. The maximum absolute atomic E-state index is 12.5. The fraction of sp³-hybridized carbons (Fsp3) is 0.421. The first-order chi connectivity index (χ1) is 11.7. The molecule has 0 saturated heterocycles. The van der Waals surface area contributed by atoms with E-state index in [1.165, 1.54) is 5.56 Å².